The topological polar surface area (TPSA) is 82.6 Å². The minimum Gasteiger partial charge on any atom is -0.355 e. The van der Waals surface area contributed by atoms with E-state index >= 15 is 0 Å². The maximum absolute atomic E-state index is 11.0. The van der Waals surface area contributed by atoms with Gasteiger partial charge in [-0.15, -0.1) is 0 Å². The van der Waals surface area contributed by atoms with Crippen LogP contribution in [-0.2, 0) is 22.9 Å². The molecule has 1 atom stereocenters. The first-order chi connectivity index (χ1) is 10.5. The summed E-state index contributed by atoms with van der Waals surface area (Å²) in [6.07, 6.45) is 4.28. The van der Waals surface area contributed by atoms with Crippen LogP contribution < -0.4 is 15.4 Å². The molecule has 6 nitrogen and oxygen atoms in total. The molecule has 1 aromatic carbocycles. The quantitative estimate of drug-likeness (QED) is 0.412. The standard InChI is InChI=1S/C15H24N4O2S/c1-16-15(17-9-10-18-22(2,20)21)19-14-8-7-12-5-3-4-6-13(12)11-14/h3-6,14,18H,7-11H2,1-2H3,(H2,16,17,19). The van der Waals surface area contributed by atoms with Crippen LogP contribution in [0.4, 0.5) is 0 Å². The van der Waals surface area contributed by atoms with Gasteiger partial charge in [0.1, 0.15) is 0 Å². The summed E-state index contributed by atoms with van der Waals surface area (Å²) in [6.45, 7) is 0.836. The zero-order valence-corrected chi connectivity index (χ0v) is 13.9. The number of hydrogen-bond donors (Lipinski definition) is 3. The first-order valence-corrected chi connectivity index (χ1v) is 9.35. The largest absolute Gasteiger partial charge is 0.355 e. The number of hydrogen-bond acceptors (Lipinski definition) is 3. The average molecular weight is 324 g/mol. The predicted molar refractivity (Wildman–Crippen MR) is 89.6 cm³/mol. The highest BCUT2D eigenvalue weighted by atomic mass is 32.2. The Bertz CT molecular complexity index is 628. The predicted octanol–water partition coefficient (Wildman–Crippen LogP) is 0.258. The van der Waals surface area contributed by atoms with Gasteiger partial charge in [-0.1, -0.05) is 24.3 Å². The van der Waals surface area contributed by atoms with Gasteiger partial charge < -0.3 is 10.6 Å². The van der Waals surface area contributed by atoms with Crippen LogP contribution in [-0.4, -0.2) is 46.8 Å². The summed E-state index contributed by atoms with van der Waals surface area (Å²) in [5, 5.41) is 6.53. The Hall–Kier alpha value is -1.60. The molecule has 7 heteroatoms. The molecule has 0 aliphatic heterocycles. The van der Waals surface area contributed by atoms with E-state index in [0.717, 1.165) is 25.5 Å². The van der Waals surface area contributed by atoms with Gasteiger partial charge in [-0.05, 0) is 30.4 Å². The first-order valence-electron chi connectivity index (χ1n) is 7.46. The third-order valence-corrected chi connectivity index (χ3v) is 4.42. The molecule has 0 bridgehead atoms. The zero-order chi connectivity index (χ0) is 16.0. The number of nitrogens with zero attached hydrogens (tertiary/aromatic N) is 1. The van der Waals surface area contributed by atoms with Crippen molar-refractivity contribution in [1.82, 2.24) is 15.4 Å². The summed E-state index contributed by atoms with van der Waals surface area (Å²) in [5.41, 5.74) is 2.82. The van der Waals surface area contributed by atoms with Crippen molar-refractivity contribution in [1.29, 1.82) is 0 Å². The number of aliphatic imine (C=N–C) groups is 1. The van der Waals surface area contributed by atoms with Gasteiger partial charge in [-0.2, -0.15) is 0 Å². The summed E-state index contributed by atoms with van der Waals surface area (Å²) in [6, 6.07) is 8.88. The molecular weight excluding hydrogens is 300 g/mol. The van der Waals surface area contributed by atoms with Crippen molar-refractivity contribution in [2.75, 3.05) is 26.4 Å². The Labute approximate surface area is 132 Å². The van der Waals surface area contributed by atoms with Gasteiger partial charge in [0.05, 0.1) is 6.26 Å². The van der Waals surface area contributed by atoms with E-state index < -0.39 is 10.0 Å². The fourth-order valence-electron chi connectivity index (χ4n) is 2.63. The first kappa shape index (κ1) is 16.8. The number of aryl methyl sites for hydroxylation is 1. The molecule has 0 aromatic heterocycles. The lowest BCUT2D eigenvalue weighted by Gasteiger charge is -2.27. The molecule has 0 amide bonds. The SMILES string of the molecule is CN=C(NCCNS(C)(=O)=O)NC1CCc2ccccc2C1. The lowest BCUT2D eigenvalue weighted by molar-refractivity contribution is 0.520. The molecular formula is C15H24N4O2S. The molecule has 1 aromatic rings. The Morgan fingerprint density at radius 2 is 2.00 bits per heavy atom. The van der Waals surface area contributed by atoms with Crippen LogP contribution in [0.25, 0.3) is 0 Å². The number of benzene rings is 1. The van der Waals surface area contributed by atoms with Crippen molar-refractivity contribution in [2.24, 2.45) is 4.99 Å². The molecule has 1 aliphatic rings. The third-order valence-electron chi connectivity index (χ3n) is 3.69. The maximum Gasteiger partial charge on any atom is 0.208 e. The highest BCUT2D eigenvalue weighted by molar-refractivity contribution is 7.88. The van der Waals surface area contributed by atoms with Crippen LogP contribution in [0, 0.1) is 0 Å². The van der Waals surface area contributed by atoms with E-state index in [0.29, 0.717) is 25.1 Å². The summed E-state index contributed by atoms with van der Waals surface area (Å²) in [4.78, 5) is 4.19. The molecule has 1 aliphatic carbocycles. The highest BCUT2D eigenvalue weighted by Gasteiger charge is 2.18. The number of fused-ring (bicyclic) bond motifs is 1. The van der Waals surface area contributed by atoms with Crippen LogP contribution in [0.2, 0.25) is 0 Å². The van der Waals surface area contributed by atoms with Gasteiger partial charge >= 0.3 is 0 Å². The number of sulfonamides is 1. The molecule has 0 saturated carbocycles. The van der Waals surface area contributed by atoms with E-state index in [1.807, 2.05) is 0 Å². The Morgan fingerprint density at radius 1 is 1.27 bits per heavy atom. The number of rotatable bonds is 5. The zero-order valence-electron chi connectivity index (χ0n) is 13.1. The third kappa shape index (κ3) is 5.31. The van der Waals surface area contributed by atoms with Crippen molar-refractivity contribution in [3.8, 4) is 0 Å². The van der Waals surface area contributed by atoms with E-state index in [9.17, 15) is 8.42 Å². The molecule has 22 heavy (non-hydrogen) atoms. The second-order valence-corrected chi connectivity index (χ2v) is 7.35. The fraction of sp³-hybridized carbons (Fsp3) is 0.533. The van der Waals surface area contributed by atoms with Crippen LogP contribution in [0.15, 0.2) is 29.3 Å². The second kappa shape index (κ2) is 7.60. The Balaban J connectivity index is 1.79. The summed E-state index contributed by atoms with van der Waals surface area (Å²) >= 11 is 0. The monoisotopic (exact) mass is 324 g/mol. The number of guanidine groups is 1. The fourth-order valence-corrected chi connectivity index (χ4v) is 3.10. The maximum atomic E-state index is 11.0. The van der Waals surface area contributed by atoms with E-state index in [4.69, 9.17) is 0 Å². The Kier molecular flexibility index (Phi) is 5.79. The van der Waals surface area contributed by atoms with Crippen molar-refractivity contribution in [2.45, 2.75) is 25.3 Å². The van der Waals surface area contributed by atoms with Crippen molar-refractivity contribution < 1.29 is 8.42 Å². The minimum atomic E-state index is -3.14. The van der Waals surface area contributed by atoms with Gasteiger partial charge in [0, 0.05) is 26.2 Å². The molecule has 3 N–H and O–H groups in total. The lowest BCUT2D eigenvalue weighted by Crippen LogP contribution is -2.47. The van der Waals surface area contributed by atoms with E-state index in [2.05, 4.69) is 44.6 Å². The molecule has 122 valence electrons. The van der Waals surface area contributed by atoms with Crippen LogP contribution in [0.1, 0.15) is 17.5 Å². The second-order valence-electron chi connectivity index (χ2n) is 5.52. The van der Waals surface area contributed by atoms with Gasteiger partial charge in [-0.25, -0.2) is 13.1 Å². The molecule has 0 heterocycles. The van der Waals surface area contributed by atoms with Crippen LogP contribution in [0.3, 0.4) is 0 Å². The molecule has 0 spiro atoms. The van der Waals surface area contributed by atoms with E-state index in [-0.39, 0.29) is 0 Å². The van der Waals surface area contributed by atoms with Gasteiger partial charge in [-0.3, -0.25) is 4.99 Å². The Morgan fingerprint density at radius 3 is 2.68 bits per heavy atom. The molecule has 0 saturated heterocycles. The molecule has 0 fully saturated rings. The van der Waals surface area contributed by atoms with E-state index in [1.54, 1.807) is 7.05 Å². The highest BCUT2D eigenvalue weighted by Crippen LogP contribution is 2.20. The van der Waals surface area contributed by atoms with Crippen molar-refractivity contribution >= 4 is 16.0 Å². The minimum absolute atomic E-state index is 0.340. The lowest BCUT2D eigenvalue weighted by atomic mass is 9.88. The normalized spacial score (nSPS) is 18.6. The summed E-state index contributed by atoms with van der Waals surface area (Å²) < 4.78 is 24.4. The van der Waals surface area contributed by atoms with E-state index in [1.165, 1.54) is 11.1 Å². The van der Waals surface area contributed by atoms with Gasteiger partial charge in [0.25, 0.3) is 0 Å². The summed E-state index contributed by atoms with van der Waals surface area (Å²) in [5.74, 6) is 0.708. The van der Waals surface area contributed by atoms with Gasteiger partial charge in [0.2, 0.25) is 10.0 Å². The molecule has 0 radical (unpaired) electrons. The molecule has 1 unspecified atom stereocenters. The van der Waals surface area contributed by atoms with Crippen LogP contribution >= 0.6 is 0 Å². The molecule has 2 rings (SSSR count). The number of nitrogens with one attached hydrogen (secondary N) is 3. The van der Waals surface area contributed by atoms with Crippen LogP contribution in [0.5, 0.6) is 0 Å². The van der Waals surface area contributed by atoms with Crippen molar-refractivity contribution in [3.63, 3.8) is 0 Å². The smallest absolute Gasteiger partial charge is 0.208 e. The average Bonchev–Trinajstić information content (AvgIpc) is 2.49. The van der Waals surface area contributed by atoms with Crippen molar-refractivity contribution in [3.05, 3.63) is 35.4 Å². The van der Waals surface area contributed by atoms with Gasteiger partial charge in [0.15, 0.2) is 5.96 Å². The summed E-state index contributed by atoms with van der Waals surface area (Å²) in [7, 11) is -1.42.